The third-order valence-corrected chi connectivity index (χ3v) is 5.89. The summed E-state index contributed by atoms with van der Waals surface area (Å²) in [4.78, 5) is 32.5. The quantitative estimate of drug-likeness (QED) is 0.167. The highest BCUT2D eigenvalue weighted by molar-refractivity contribution is 9.10. The minimum absolute atomic E-state index is 0.0418. The molecule has 0 radical (unpaired) electrons. The van der Waals surface area contributed by atoms with Gasteiger partial charge in [0.25, 0.3) is 0 Å². The summed E-state index contributed by atoms with van der Waals surface area (Å²) >= 11 is 1.95. The standard InChI is InChI=1S/C18H23BrF2O9/c1-25-2-3-26-4-5-27-6-7-28-15(22)11-9-8-10-12(11)16(23)29-13(10)14(9)30-17(24)18(19,20)21/h9-14H,2-8H2,1H3. The number of methoxy groups -OCH3 is 1. The molecule has 0 amide bonds. The molecule has 2 aliphatic carbocycles. The van der Waals surface area contributed by atoms with Crippen molar-refractivity contribution in [2.24, 2.45) is 23.7 Å². The van der Waals surface area contributed by atoms with Crippen LogP contribution < -0.4 is 0 Å². The number of halogens is 3. The van der Waals surface area contributed by atoms with E-state index in [1.807, 2.05) is 15.9 Å². The smallest absolute Gasteiger partial charge is 0.396 e. The van der Waals surface area contributed by atoms with Gasteiger partial charge < -0.3 is 28.4 Å². The molecule has 170 valence electrons. The van der Waals surface area contributed by atoms with Crippen LogP contribution in [0.2, 0.25) is 0 Å². The van der Waals surface area contributed by atoms with E-state index in [0.717, 1.165) is 0 Å². The first-order valence-electron chi connectivity index (χ1n) is 9.55. The second-order valence-corrected chi connectivity index (χ2v) is 8.27. The highest BCUT2D eigenvalue weighted by Gasteiger charge is 2.70. The number of alkyl halides is 3. The Morgan fingerprint density at radius 1 is 1.10 bits per heavy atom. The zero-order valence-electron chi connectivity index (χ0n) is 16.2. The van der Waals surface area contributed by atoms with Crippen molar-refractivity contribution in [1.29, 1.82) is 0 Å². The van der Waals surface area contributed by atoms with Crippen LogP contribution in [0.25, 0.3) is 0 Å². The van der Waals surface area contributed by atoms with Crippen LogP contribution in [0.3, 0.4) is 0 Å². The molecule has 1 heterocycles. The highest BCUT2D eigenvalue weighted by Crippen LogP contribution is 2.59. The number of ether oxygens (including phenoxy) is 6. The molecule has 0 spiro atoms. The fourth-order valence-corrected chi connectivity index (χ4v) is 4.51. The van der Waals surface area contributed by atoms with Crippen molar-refractivity contribution in [3.63, 3.8) is 0 Å². The van der Waals surface area contributed by atoms with Crippen LogP contribution in [0.1, 0.15) is 6.42 Å². The van der Waals surface area contributed by atoms with Gasteiger partial charge in [-0.15, -0.1) is 0 Å². The molecule has 12 heteroatoms. The van der Waals surface area contributed by atoms with Gasteiger partial charge in [-0.2, -0.15) is 8.78 Å². The summed E-state index contributed by atoms with van der Waals surface area (Å²) in [6.07, 6.45) is -1.55. The van der Waals surface area contributed by atoms with Crippen LogP contribution in [0.4, 0.5) is 8.78 Å². The van der Waals surface area contributed by atoms with Crippen molar-refractivity contribution >= 4 is 33.8 Å². The average molecular weight is 501 g/mol. The molecule has 0 N–H and O–H groups in total. The topological polar surface area (TPSA) is 107 Å². The third kappa shape index (κ3) is 4.92. The second-order valence-electron chi connectivity index (χ2n) is 7.27. The molecule has 0 aromatic heterocycles. The van der Waals surface area contributed by atoms with Gasteiger partial charge in [-0.25, -0.2) is 4.79 Å². The Hall–Kier alpha value is -1.37. The Kier molecular flexibility index (Phi) is 7.64. The monoisotopic (exact) mass is 500 g/mol. The zero-order valence-corrected chi connectivity index (χ0v) is 17.8. The molecular weight excluding hydrogens is 478 g/mol. The second kappa shape index (κ2) is 9.84. The maximum absolute atomic E-state index is 13.2. The third-order valence-electron chi connectivity index (χ3n) is 5.57. The number of carbonyl (C=O) groups is 3. The van der Waals surface area contributed by atoms with Gasteiger partial charge in [-0.3, -0.25) is 9.59 Å². The summed E-state index contributed by atoms with van der Waals surface area (Å²) in [6.45, 7) is 1.70. The van der Waals surface area contributed by atoms with Crippen LogP contribution in [0.15, 0.2) is 0 Å². The van der Waals surface area contributed by atoms with E-state index >= 15 is 0 Å². The van der Waals surface area contributed by atoms with Crippen LogP contribution in [-0.4, -0.2) is 81.7 Å². The lowest BCUT2D eigenvalue weighted by Gasteiger charge is -2.30. The number of hydrogen-bond donors (Lipinski definition) is 0. The molecule has 3 aliphatic rings. The number of fused-ring (bicyclic) bond motifs is 1. The molecule has 6 atom stereocenters. The molecule has 9 nitrogen and oxygen atoms in total. The predicted octanol–water partition coefficient (Wildman–Crippen LogP) is 0.916. The number of rotatable bonds is 12. The van der Waals surface area contributed by atoms with Crippen molar-refractivity contribution in [3.05, 3.63) is 0 Å². The van der Waals surface area contributed by atoms with Gasteiger partial charge in [0.15, 0.2) is 0 Å². The van der Waals surface area contributed by atoms with Gasteiger partial charge in [0.1, 0.15) is 18.8 Å². The van der Waals surface area contributed by atoms with Crippen molar-refractivity contribution in [3.8, 4) is 0 Å². The summed E-state index contributed by atoms with van der Waals surface area (Å²) in [5.41, 5.74) is 0. The van der Waals surface area contributed by atoms with E-state index in [1.54, 1.807) is 7.11 Å². The average Bonchev–Trinajstić information content (AvgIpc) is 3.29. The lowest BCUT2D eigenvalue weighted by Crippen LogP contribution is -2.45. The molecule has 0 aromatic rings. The first-order valence-corrected chi connectivity index (χ1v) is 10.3. The van der Waals surface area contributed by atoms with Gasteiger partial charge in [0, 0.05) is 34.9 Å². The van der Waals surface area contributed by atoms with Crippen molar-refractivity contribution in [2.75, 3.05) is 46.8 Å². The van der Waals surface area contributed by atoms with Gasteiger partial charge in [-0.1, -0.05) is 0 Å². The van der Waals surface area contributed by atoms with Crippen molar-refractivity contribution < 1.29 is 51.6 Å². The van der Waals surface area contributed by atoms with Crippen LogP contribution in [-0.2, 0) is 42.8 Å². The van der Waals surface area contributed by atoms with E-state index in [9.17, 15) is 23.2 Å². The molecule has 3 rings (SSSR count). The normalized spacial score (nSPS) is 31.7. The van der Waals surface area contributed by atoms with Crippen molar-refractivity contribution in [1.82, 2.24) is 0 Å². The number of hydrogen-bond acceptors (Lipinski definition) is 9. The van der Waals surface area contributed by atoms with Crippen LogP contribution in [0.5, 0.6) is 0 Å². The van der Waals surface area contributed by atoms with Crippen LogP contribution >= 0.6 is 15.9 Å². The molecule has 2 saturated carbocycles. The number of carbonyl (C=O) groups excluding carboxylic acids is 3. The summed E-state index contributed by atoms with van der Waals surface area (Å²) in [5, 5.41) is 0. The highest BCUT2D eigenvalue weighted by atomic mass is 79.9. The minimum atomic E-state index is -3.86. The van der Waals surface area contributed by atoms with E-state index in [2.05, 4.69) is 0 Å². The predicted molar refractivity (Wildman–Crippen MR) is 96.7 cm³/mol. The molecule has 1 saturated heterocycles. The molecule has 0 aromatic carbocycles. The van der Waals surface area contributed by atoms with Gasteiger partial charge in [0.05, 0.1) is 44.9 Å². The molecule has 2 bridgehead atoms. The Morgan fingerprint density at radius 2 is 1.73 bits per heavy atom. The lowest BCUT2D eigenvalue weighted by molar-refractivity contribution is -0.177. The van der Waals surface area contributed by atoms with Crippen LogP contribution in [0, 0.1) is 23.7 Å². The first kappa shape index (κ1) is 23.3. The molecule has 3 fully saturated rings. The molecule has 6 unspecified atom stereocenters. The largest absolute Gasteiger partial charge is 0.463 e. The maximum Gasteiger partial charge on any atom is 0.396 e. The van der Waals surface area contributed by atoms with Gasteiger partial charge in [0.2, 0.25) is 0 Å². The van der Waals surface area contributed by atoms with E-state index in [0.29, 0.717) is 32.8 Å². The summed E-state index contributed by atoms with van der Waals surface area (Å²) in [7, 11) is 1.57. The van der Waals surface area contributed by atoms with Crippen molar-refractivity contribution in [2.45, 2.75) is 23.5 Å². The van der Waals surface area contributed by atoms with Gasteiger partial charge >= 0.3 is 22.7 Å². The molecule has 1 aliphatic heterocycles. The lowest BCUT2D eigenvalue weighted by atomic mass is 9.78. The Labute approximate surface area is 179 Å². The molecular formula is C18H23BrF2O9. The fourth-order valence-electron chi connectivity index (χ4n) is 4.42. The Balaban J connectivity index is 1.47. The minimum Gasteiger partial charge on any atom is -0.463 e. The molecule has 30 heavy (non-hydrogen) atoms. The maximum atomic E-state index is 13.2. The zero-order chi connectivity index (χ0) is 21.9. The number of esters is 3. The van der Waals surface area contributed by atoms with Gasteiger partial charge in [-0.05, 0) is 6.42 Å². The SMILES string of the molecule is COCCOCCOCCOC(=O)C1C2CC3C(OC(=O)C31)C2OC(=O)C(F)(F)Br. The summed E-state index contributed by atoms with van der Waals surface area (Å²) in [5.74, 6) is -5.62. The Bertz CT molecular complexity index is 656. The van der Waals surface area contributed by atoms with E-state index in [4.69, 9.17) is 28.4 Å². The summed E-state index contributed by atoms with van der Waals surface area (Å²) in [6, 6.07) is 0. The summed E-state index contributed by atoms with van der Waals surface area (Å²) < 4.78 is 57.0. The first-order chi connectivity index (χ1) is 14.3. The van der Waals surface area contributed by atoms with E-state index in [1.165, 1.54) is 0 Å². The Morgan fingerprint density at radius 3 is 2.37 bits per heavy atom. The van der Waals surface area contributed by atoms with E-state index < -0.39 is 52.7 Å². The van der Waals surface area contributed by atoms with E-state index in [-0.39, 0.29) is 19.1 Å². The fraction of sp³-hybridized carbons (Fsp3) is 0.833.